The summed E-state index contributed by atoms with van der Waals surface area (Å²) >= 11 is 0. The van der Waals surface area contributed by atoms with Crippen LogP contribution in [0.4, 0.5) is 10.5 Å². The molecular weight excluding hydrogens is 420 g/mol. The fourth-order valence-corrected chi connectivity index (χ4v) is 3.52. The number of allylic oxidation sites excluding steroid dienone is 1. The van der Waals surface area contributed by atoms with Gasteiger partial charge in [-0.25, -0.2) is 9.69 Å². The van der Waals surface area contributed by atoms with Crippen LogP contribution in [0.1, 0.15) is 35.6 Å². The molecule has 0 aliphatic carbocycles. The highest BCUT2D eigenvalue weighted by Crippen LogP contribution is 2.35. The number of carbonyl (C=O) groups is 3. The number of benzene rings is 2. The van der Waals surface area contributed by atoms with E-state index in [2.05, 4.69) is 11.9 Å². The Hall–Kier alpha value is -3.87. The number of urea groups is 1. The summed E-state index contributed by atoms with van der Waals surface area (Å²) in [4.78, 5) is 39.3. The van der Waals surface area contributed by atoms with Crippen molar-refractivity contribution in [3.05, 3.63) is 70.8 Å². The Kier molecular flexibility index (Phi) is 7.33. The summed E-state index contributed by atoms with van der Waals surface area (Å²) in [5.41, 5.74) is 3.59. The summed E-state index contributed by atoms with van der Waals surface area (Å²) in [5, 5.41) is 2.26. The molecule has 0 aromatic heterocycles. The zero-order chi connectivity index (χ0) is 24.1. The molecule has 1 aliphatic rings. The molecule has 33 heavy (non-hydrogen) atoms. The molecule has 1 fully saturated rings. The molecule has 172 valence electrons. The summed E-state index contributed by atoms with van der Waals surface area (Å²) in [7, 11) is 1.53. The van der Waals surface area contributed by atoms with Crippen LogP contribution < -0.4 is 19.7 Å². The van der Waals surface area contributed by atoms with Crippen LogP contribution in [-0.4, -0.2) is 31.6 Å². The molecule has 0 saturated carbocycles. The second kappa shape index (κ2) is 10.2. The minimum atomic E-state index is -0.779. The fraction of sp³-hybridized carbons (Fsp3) is 0.269. The van der Waals surface area contributed by atoms with Gasteiger partial charge < -0.3 is 9.47 Å². The van der Waals surface area contributed by atoms with E-state index in [0.29, 0.717) is 35.8 Å². The van der Waals surface area contributed by atoms with Crippen LogP contribution >= 0.6 is 0 Å². The molecule has 1 saturated heterocycles. The Labute approximate surface area is 193 Å². The van der Waals surface area contributed by atoms with E-state index in [1.807, 2.05) is 32.9 Å². The second-order valence-electron chi connectivity index (χ2n) is 7.78. The first kappa shape index (κ1) is 23.8. The Morgan fingerprint density at radius 3 is 2.48 bits per heavy atom. The van der Waals surface area contributed by atoms with Crippen molar-refractivity contribution < 1.29 is 23.9 Å². The van der Waals surface area contributed by atoms with Crippen LogP contribution in [0.2, 0.25) is 0 Å². The van der Waals surface area contributed by atoms with Crippen LogP contribution in [0.5, 0.6) is 11.5 Å². The smallest absolute Gasteiger partial charge is 0.335 e. The molecular formula is C26H28N2O5. The lowest BCUT2D eigenvalue weighted by Gasteiger charge is -2.27. The number of rotatable bonds is 8. The van der Waals surface area contributed by atoms with Crippen LogP contribution in [0.25, 0.3) is 6.08 Å². The molecule has 7 heteroatoms. The van der Waals surface area contributed by atoms with Crippen molar-refractivity contribution in [1.82, 2.24) is 5.32 Å². The van der Waals surface area contributed by atoms with E-state index in [-0.39, 0.29) is 5.57 Å². The lowest BCUT2D eigenvalue weighted by molar-refractivity contribution is -0.122. The Bertz CT molecular complexity index is 1150. The minimum Gasteiger partial charge on any atom is -0.493 e. The summed E-state index contributed by atoms with van der Waals surface area (Å²) < 4.78 is 11.4. The number of nitrogens with zero attached hydrogens (tertiary/aromatic N) is 1. The number of barbiturate groups is 1. The highest BCUT2D eigenvalue weighted by Gasteiger charge is 2.37. The molecule has 7 nitrogen and oxygen atoms in total. The summed E-state index contributed by atoms with van der Waals surface area (Å²) in [6.45, 7) is 10.2. The number of hydrogen-bond donors (Lipinski definition) is 1. The van der Waals surface area contributed by atoms with Gasteiger partial charge in [0.1, 0.15) is 5.57 Å². The Morgan fingerprint density at radius 1 is 1.09 bits per heavy atom. The van der Waals surface area contributed by atoms with E-state index in [1.165, 1.54) is 13.2 Å². The molecule has 1 aliphatic heterocycles. The number of ether oxygens (including phenoxy) is 2. The van der Waals surface area contributed by atoms with Crippen LogP contribution in [0.15, 0.2) is 48.6 Å². The summed E-state index contributed by atoms with van der Waals surface area (Å²) in [6.07, 6.45) is 4.54. The predicted octanol–water partition coefficient (Wildman–Crippen LogP) is 4.50. The largest absolute Gasteiger partial charge is 0.493 e. The van der Waals surface area contributed by atoms with Crippen LogP contribution in [0.3, 0.4) is 0 Å². The average Bonchev–Trinajstić information content (AvgIpc) is 2.78. The van der Waals surface area contributed by atoms with E-state index >= 15 is 0 Å². The van der Waals surface area contributed by atoms with Gasteiger partial charge >= 0.3 is 6.03 Å². The van der Waals surface area contributed by atoms with E-state index < -0.39 is 17.8 Å². The maximum absolute atomic E-state index is 13.2. The van der Waals surface area contributed by atoms with E-state index in [9.17, 15) is 14.4 Å². The number of anilines is 1. The first-order valence-corrected chi connectivity index (χ1v) is 10.7. The number of methoxy groups -OCH3 is 1. The Balaban J connectivity index is 2.06. The van der Waals surface area contributed by atoms with Gasteiger partial charge in [0.05, 0.1) is 19.4 Å². The zero-order valence-corrected chi connectivity index (χ0v) is 19.4. The highest BCUT2D eigenvalue weighted by atomic mass is 16.5. The second-order valence-corrected chi connectivity index (χ2v) is 7.78. The van der Waals surface area contributed by atoms with Crippen LogP contribution in [-0.2, 0) is 16.0 Å². The van der Waals surface area contributed by atoms with Gasteiger partial charge in [-0.15, -0.1) is 6.58 Å². The zero-order valence-electron chi connectivity index (χ0n) is 19.4. The first-order chi connectivity index (χ1) is 15.8. The SMILES string of the molecule is C=CCc1cc(/C=C2\C(=O)NC(=O)N(c3ccc(C)c(C)c3)C2=O)cc(OC)c1OCCC. The molecule has 2 aromatic carbocycles. The van der Waals surface area contributed by atoms with E-state index in [0.717, 1.165) is 28.0 Å². The standard InChI is InChI=1S/C26H28N2O5/c1-6-8-19-13-18(15-22(32-5)23(19)33-11-7-2)14-21-24(29)27-26(31)28(25(21)30)20-10-9-16(3)17(4)12-20/h6,9-10,12-15H,1,7-8,11H2,2-5H3,(H,27,29,31)/b21-14+. The van der Waals surface area contributed by atoms with Crippen LogP contribution in [0, 0.1) is 13.8 Å². The van der Waals surface area contributed by atoms with Crippen molar-refractivity contribution in [3.63, 3.8) is 0 Å². The van der Waals surface area contributed by atoms with E-state index in [1.54, 1.807) is 24.3 Å². The maximum Gasteiger partial charge on any atom is 0.335 e. The molecule has 2 aromatic rings. The normalized spacial score (nSPS) is 15.0. The van der Waals surface area contributed by atoms with Crippen molar-refractivity contribution in [1.29, 1.82) is 0 Å². The molecule has 0 spiro atoms. The monoisotopic (exact) mass is 448 g/mol. The predicted molar refractivity (Wildman–Crippen MR) is 128 cm³/mol. The molecule has 0 radical (unpaired) electrons. The third kappa shape index (κ3) is 4.98. The van der Waals surface area contributed by atoms with Gasteiger partial charge in [-0.05, 0) is 73.7 Å². The van der Waals surface area contributed by atoms with Crippen molar-refractivity contribution >= 4 is 29.6 Å². The van der Waals surface area contributed by atoms with Gasteiger partial charge in [0.15, 0.2) is 11.5 Å². The van der Waals surface area contributed by atoms with Crippen molar-refractivity contribution in [2.45, 2.75) is 33.6 Å². The third-order valence-electron chi connectivity index (χ3n) is 5.35. The van der Waals surface area contributed by atoms with Gasteiger partial charge in [0, 0.05) is 5.56 Å². The molecule has 1 heterocycles. The lowest BCUT2D eigenvalue weighted by atomic mass is 10.0. The van der Waals surface area contributed by atoms with Gasteiger partial charge in [0.25, 0.3) is 11.8 Å². The lowest BCUT2D eigenvalue weighted by Crippen LogP contribution is -2.54. The van der Waals surface area contributed by atoms with Gasteiger partial charge in [-0.1, -0.05) is 19.1 Å². The van der Waals surface area contributed by atoms with Gasteiger partial charge in [-0.2, -0.15) is 0 Å². The number of imide groups is 2. The van der Waals surface area contributed by atoms with E-state index in [4.69, 9.17) is 9.47 Å². The van der Waals surface area contributed by atoms with Gasteiger partial charge in [0.2, 0.25) is 0 Å². The number of hydrogen-bond acceptors (Lipinski definition) is 5. The van der Waals surface area contributed by atoms with Crippen molar-refractivity contribution in [2.75, 3.05) is 18.6 Å². The summed E-state index contributed by atoms with van der Waals surface area (Å²) in [5.74, 6) is -0.351. The average molecular weight is 449 g/mol. The molecule has 0 unspecified atom stereocenters. The number of carbonyl (C=O) groups excluding carboxylic acids is 3. The molecule has 0 bridgehead atoms. The van der Waals surface area contributed by atoms with Crippen molar-refractivity contribution in [2.24, 2.45) is 0 Å². The molecule has 3 rings (SSSR count). The summed E-state index contributed by atoms with van der Waals surface area (Å²) in [6, 6.07) is 7.98. The number of aryl methyl sites for hydroxylation is 2. The third-order valence-corrected chi connectivity index (χ3v) is 5.35. The fourth-order valence-electron chi connectivity index (χ4n) is 3.52. The molecule has 4 amide bonds. The number of amides is 4. The topological polar surface area (TPSA) is 84.9 Å². The quantitative estimate of drug-likeness (QED) is 0.365. The first-order valence-electron chi connectivity index (χ1n) is 10.7. The maximum atomic E-state index is 13.2. The van der Waals surface area contributed by atoms with Gasteiger partial charge in [-0.3, -0.25) is 14.9 Å². The van der Waals surface area contributed by atoms with Crippen molar-refractivity contribution in [3.8, 4) is 11.5 Å². The molecule has 0 atom stereocenters. The Morgan fingerprint density at radius 2 is 1.85 bits per heavy atom. The highest BCUT2D eigenvalue weighted by molar-refractivity contribution is 6.39. The molecule has 1 N–H and O–H groups in total. The number of nitrogens with one attached hydrogen (secondary N) is 1. The minimum absolute atomic E-state index is 0.151.